The smallest absolute Gasteiger partial charge is 0.213 e. The summed E-state index contributed by atoms with van der Waals surface area (Å²) < 4.78 is 5.41. The number of ether oxygens (including phenoxy) is 1. The molecule has 2 saturated heterocycles. The first-order valence-electron chi connectivity index (χ1n) is 7.10. The van der Waals surface area contributed by atoms with Gasteiger partial charge in [0, 0.05) is 24.3 Å². The van der Waals surface area contributed by atoms with Gasteiger partial charge in [-0.2, -0.15) is 0 Å². The molecule has 1 atom stereocenters. The summed E-state index contributed by atoms with van der Waals surface area (Å²) in [4.78, 5) is 6.98. The quantitative estimate of drug-likeness (QED) is 0.831. The lowest BCUT2D eigenvalue weighted by Crippen LogP contribution is -2.47. The predicted molar refractivity (Wildman–Crippen MR) is 78.4 cm³/mol. The Labute approximate surface area is 117 Å². The Kier molecular flexibility index (Phi) is 4.46. The van der Waals surface area contributed by atoms with E-state index in [1.54, 1.807) is 0 Å². The topological polar surface area (TPSA) is 25.4 Å². The van der Waals surface area contributed by atoms with E-state index in [1.165, 1.54) is 31.2 Å². The number of piperidine rings is 2. The van der Waals surface area contributed by atoms with Gasteiger partial charge >= 0.3 is 0 Å². The standard InChI is InChI=1S/C15H22N2O.CH4/c1-3-18-14-9-6-12(10-16-14)15-11-4-7-13(8-5-11)17(15)2;/h6,9-11,13,15H,3-5,7-8H2,1-2H3;1H4. The van der Waals surface area contributed by atoms with E-state index in [4.69, 9.17) is 4.74 Å². The van der Waals surface area contributed by atoms with Crippen LogP contribution >= 0.6 is 0 Å². The van der Waals surface area contributed by atoms with Crippen molar-refractivity contribution in [1.29, 1.82) is 0 Å². The van der Waals surface area contributed by atoms with E-state index in [9.17, 15) is 0 Å². The molecule has 4 rings (SSSR count). The van der Waals surface area contributed by atoms with Gasteiger partial charge in [0.05, 0.1) is 6.61 Å². The predicted octanol–water partition coefficient (Wildman–Crippen LogP) is 3.66. The van der Waals surface area contributed by atoms with Crippen LogP contribution in [-0.4, -0.2) is 29.6 Å². The normalized spacial score (nSPS) is 29.9. The molecule has 0 amide bonds. The number of hydrogen-bond donors (Lipinski definition) is 0. The fraction of sp³-hybridized carbons (Fsp3) is 0.688. The van der Waals surface area contributed by atoms with Crippen molar-refractivity contribution in [2.75, 3.05) is 13.7 Å². The second kappa shape index (κ2) is 5.91. The molecule has 3 nitrogen and oxygen atoms in total. The van der Waals surface area contributed by atoms with Crippen LogP contribution in [0.3, 0.4) is 0 Å². The third-order valence-electron chi connectivity index (χ3n) is 4.60. The summed E-state index contributed by atoms with van der Waals surface area (Å²) in [5.74, 6) is 1.56. The monoisotopic (exact) mass is 262 g/mol. The Balaban J connectivity index is 0.00000133. The molecule has 0 spiro atoms. The highest BCUT2D eigenvalue weighted by molar-refractivity contribution is 5.23. The Bertz CT molecular complexity index is 394. The van der Waals surface area contributed by atoms with Crippen LogP contribution in [0.15, 0.2) is 18.3 Å². The van der Waals surface area contributed by atoms with Crippen LogP contribution in [0.1, 0.15) is 51.6 Å². The summed E-state index contributed by atoms with van der Waals surface area (Å²) in [5, 5.41) is 0. The highest BCUT2D eigenvalue weighted by Crippen LogP contribution is 2.46. The van der Waals surface area contributed by atoms with E-state index in [2.05, 4.69) is 23.0 Å². The number of fused-ring (bicyclic) bond motifs is 3. The molecule has 1 saturated carbocycles. The molecule has 3 heterocycles. The third-order valence-corrected chi connectivity index (χ3v) is 4.60. The van der Waals surface area contributed by atoms with Gasteiger partial charge in [-0.3, -0.25) is 4.90 Å². The number of pyridine rings is 1. The summed E-state index contributed by atoms with van der Waals surface area (Å²) in [6.45, 7) is 2.67. The van der Waals surface area contributed by atoms with Gasteiger partial charge in [0.25, 0.3) is 0 Å². The van der Waals surface area contributed by atoms with E-state index in [-0.39, 0.29) is 7.43 Å². The largest absolute Gasteiger partial charge is 0.478 e. The molecule has 0 N–H and O–H groups in total. The van der Waals surface area contributed by atoms with Crippen LogP contribution in [0.4, 0.5) is 0 Å². The van der Waals surface area contributed by atoms with Gasteiger partial charge in [-0.25, -0.2) is 4.98 Å². The first-order chi connectivity index (χ1) is 8.79. The maximum Gasteiger partial charge on any atom is 0.213 e. The van der Waals surface area contributed by atoms with Crippen molar-refractivity contribution in [2.45, 2.75) is 52.1 Å². The maximum atomic E-state index is 5.41. The number of aromatic nitrogens is 1. The summed E-state index contributed by atoms with van der Waals surface area (Å²) in [5.41, 5.74) is 1.36. The molecule has 106 valence electrons. The van der Waals surface area contributed by atoms with Crippen LogP contribution in [0.5, 0.6) is 5.88 Å². The van der Waals surface area contributed by atoms with E-state index in [0.717, 1.165) is 17.8 Å². The molecule has 1 aromatic heterocycles. The Morgan fingerprint density at radius 2 is 2.00 bits per heavy atom. The van der Waals surface area contributed by atoms with Gasteiger partial charge in [-0.15, -0.1) is 0 Å². The van der Waals surface area contributed by atoms with Gasteiger partial charge < -0.3 is 4.74 Å². The van der Waals surface area contributed by atoms with Crippen molar-refractivity contribution in [3.8, 4) is 5.88 Å². The summed E-state index contributed by atoms with van der Waals surface area (Å²) >= 11 is 0. The molecule has 2 aliphatic heterocycles. The van der Waals surface area contributed by atoms with E-state index in [1.807, 2.05) is 19.2 Å². The van der Waals surface area contributed by atoms with Crippen LogP contribution in [-0.2, 0) is 0 Å². The van der Waals surface area contributed by atoms with Gasteiger partial charge in [0.15, 0.2) is 0 Å². The molecule has 3 fully saturated rings. The SMILES string of the molecule is C.CCOc1ccc(C2C3CCC(CC3)N2C)cn1. The Morgan fingerprint density at radius 3 is 2.53 bits per heavy atom. The number of nitrogens with zero attached hydrogens (tertiary/aromatic N) is 2. The van der Waals surface area contributed by atoms with Gasteiger partial charge in [-0.05, 0) is 51.1 Å². The third kappa shape index (κ3) is 2.62. The minimum atomic E-state index is 0. The highest BCUT2D eigenvalue weighted by Gasteiger charge is 2.40. The number of hydrogen-bond acceptors (Lipinski definition) is 3. The zero-order valence-corrected chi connectivity index (χ0v) is 11.3. The van der Waals surface area contributed by atoms with Crippen LogP contribution in [0.25, 0.3) is 0 Å². The first kappa shape index (κ1) is 14.3. The van der Waals surface area contributed by atoms with Crippen molar-refractivity contribution >= 4 is 0 Å². The van der Waals surface area contributed by atoms with Crippen LogP contribution < -0.4 is 4.74 Å². The number of rotatable bonds is 3. The first-order valence-corrected chi connectivity index (χ1v) is 7.10. The average molecular weight is 262 g/mol. The average Bonchev–Trinajstić information content (AvgIpc) is 2.42. The van der Waals surface area contributed by atoms with E-state index in [0.29, 0.717) is 12.6 Å². The fourth-order valence-corrected chi connectivity index (χ4v) is 3.69. The van der Waals surface area contributed by atoms with Gasteiger partial charge in [-0.1, -0.05) is 13.5 Å². The molecule has 19 heavy (non-hydrogen) atoms. The fourth-order valence-electron chi connectivity index (χ4n) is 3.69. The lowest BCUT2D eigenvalue weighted by Gasteiger charge is -2.50. The van der Waals surface area contributed by atoms with Crippen molar-refractivity contribution < 1.29 is 4.74 Å². The molecule has 1 aromatic rings. The molecule has 3 heteroatoms. The minimum absolute atomic E-state index is 0. The maximum absolute atomic E-state index is 5.41. The van der Waals surface area contributed by atoms with Crippen molar-refractivity contribution in [1.82, 2.24) is 9.88 Å². The minimum Gasteiger partial charge on any atom is -0.478 e. The molecule has 0 radical (unpaired) electrons. The van der Waals surface area contributed by atoms with Crippen molar-refractivity contribution in [3.05, 3.63) is 23.9 Å². The molecule has 0 aromatic carbocycles. The highest BCUT2D eigenvalue weighted by atomic mass is 16.5. The molecule has 2 bridgehead atoms. The van der Waals surface area contributed by atoms with Crippen molar-refractivity contribution in [2.24, 2.45) is 5.92 Å². The molecule has 3 aliphatic rings. The van der Waals surface area contributed by atoms with E-state index >= 15 is 0 Å². The second-order valence-corrected chi connectivity index (χ2v) is 5.54. The lowest BCUT2D eigenvalue weighted by molar-refractivity contribution is 0.00711. The van der Waals surface area contributed by atoms with Gasteiger partial charge in [0.2, 0.25) is 5.88 Å². The molecular formula is C16H26N2O. The zero-order chi connectivity index (χ0) is 12.5. The molecule has 1 aliphatic carbocycles. The molecular weight excluding hydrogens is 236 g/mol. The summed E-state index contributed by atoms with van der Waals surface area (Å²) in [6, 6.07) is 5.56. The molecule has 1 unspecified atom stereocenters. The Morgan fingerprint density at radius 1 is 1.26 bits per heavy atom. The van der Waals surface area contributed by atoms with Gasteiger partial charge in [0.1, 0.15) is 0 Å². The van der Waals surface area contributed by atoms with Crippen molar-refractivity contribution in [3.63, 3.8) is 0 Å². The zero-order valence-electron chi connectivity index (χ0n) is 11.3. The van der Waals surface area contributed by atoms with E-state index < -0.39 is 0 Å². The van der Waals surface area contributed by atoms with Crippen LogP contribution in [0, 0.1) is 5.92 Å². The Hall–Kier alpha value is -1.09. The van der Waals surface area contributed by atoms with Crippen LogP contribution in [0.2, 0.25) is 0 Å². The summed E-state index contributed by atoms with van der Waals surface area (Å²) in [6.07, 6.45) is 7.52. The summed E-state index contributed by atoms with van der Waals surface area (Å²) in [7, 11) is 2.27. The second-order valence-electron chi connectivity index (χ2n) is 5.54. The lowest BCUT2D eigenvalue weighted by atomic mass is 9.73.